The molecule has 0 unspecified atom stereocenters. The van der Waals surface area contributed by atoms with Gasteiger partial charge in [-0.3, -0.25) is 4.79 Å². The number of H-pyrrole nitrogens is 1. The molecule has 7 nitrogen and oxygen atoms in total. The smallest absolute Gasteiger partial charge is 0.449 e. The molecule has 1 aliphatic rings. The third-order valence-electron chi connectivity index (χ3n) is 5.94. The van der Waals surface area contributed by atoms with Crippen molar-refractivity contribution in [1.82, 2.24) is 14.9 Å². The molecule has 0 radical (unpaired) electrons. The molecule has 4 aromatic rings. The Bertz CT molecular complexity index is 1580. The van der Waals surface area contributed by atoms with E-state index in [1.165, 1.54) is 30.3 Å². The summed E-state index contributed by atoms with van der Waals surface area (Å²) in [5.74, 6) is -0.706. The molecule has 1 amide bonds. The van der Waals surface area contributed by atoms with E-state index in [0.717, 1.165) is 17.4 Å². The van der Waals surface area contributed by atoms with Crippen LogP contribution in [0.5, 0.6) is 5.75 Å². The van der Waals surface area contributed by atoms with Crippen LogP contribution >= 0.6 is 0 Å². The largest absolute Gasteiger partial charge is 0.491 e. The molecule has 186 valence electrons. The normalized spacial score (nSPS) is 14.3. The number of hydrogen-bond acceptors (Lipinski definition) is 5. The molecule has 0 saturated carbocycles. The number of carbonyl (C=O) groups excluding carboxylic acids is 1. The summed E-state index contributed by atoms with van der Waals surface area (Å²) < 4.78 is 68.2. The molecule has 36 heavy (non-hydrogen) atoms. The number of rotatable bonds is 3. The van der Waals surface area contributed by atoms with Gasteiger partial charge in [-0.15, -0.1) is 0 Å². The number of hydrogen-bond donors (Lipinski definition) is 1. The predicted molar refractivity (Wildman–Crippen MR) is 126 cm³/mol. The molecule has 0 bridgehead atoms. The topological polar surface area (TPSA) is 92.4 Å². The first kappa shape index (κ1) is 23.9. The van der Waals surface area contributed by atoms with E-state index in [1.807, 2.05) is 12.1 Å². The Labute approximate surface area is 204 Å². The number of nitrogens with zero attached hydrogens (tertiary/aromatic N) is 2. The first-order chi connectivity index (χ1) is 17.0. The number of fused-ring (bicyclic) bond motifs is 2. The summed E-state index contributed by atoms with van der Waals surface area (Å²) in [6.07, 6.45) is -3.47. The minimum absolute atomic E-state index is 0.129. The van der Waals surface area contributed by atoms with Crippen LogP contribution in [0.4, 0.5) is 13.2 Å². The SMILES string of the molecule is CS(=O)(=O)c1ccc(C(=O)N2CCOc3ccc(-c4ccc5nc(C(F)(F)F)[nH]c5c4)cc3C2)cc1. The molecule has 0 fully saturated rings. The van der Waals surface area contributed by atoms with Crippen molar-refractivity contribution in [3.63, 3.8) is 0 Å². The Hall–Kier alpha value is -3.86. The van der Waals surface area contributed by atoms with E-state index < -0.39 is 21.8 Å². The van der Waals surface area contributed by atoms with Crippen LogP contribution in [0.15, 0.2) is 65.6 Å². The summed E-state index contributed by atoms with van der Waals surface area (Å²) in [5, 5.41) is 0. The zero-order valence-electron chi connectivity index (χ0n) is 19.0. The highest BCUT2D eigenvalue weighted by Gasteiger charge is 2.34. The standard InChI is InChI=1S/C25H20F3N3O4S/c1-36(33,34)19-6-2-15(3-7-19)23(32)31-10-11-35-22-9-5-16(12-18(22)14-31)17-4-8-20-21(13-17)30-24(29-20)25(26,27)28/h2-9,12-13H,10-11,14H2,1H3,(H,29,30). The quantitative estimate of drug-likeness (QED) is 0.428. The van der Waals surface area contributed by atoms with Crippen molar-refractivity contribution in [3.05, 3.63) is 77.6 Å². The lowest BCUT2D eigenvalue weighted by Crippen LogP contribution is -2.32. The summed E-state index contributed by atoms with van der Waals surface area (Å²) in [5.41, 5.74) is 3.00. The minimum Gasteiger partial charge on any atom is -0.491 e. The number of carbonyl (C=O) groups is 1. The zero-order chi connectivity index (χ0) is 25.7. The van der Waals surface area contributed by atoms with Crippen molar-refractivity contribution < 1.29 is 31.1 Å². The summed E-state index contributed by atoms with van der Waals surface area (Å²) in [4.78, 5) is 20.8. The maximum atomic E-state index is 13.1. The van der Waals surface area contributed by atoms with E-state index >= 15 is 0 Å². The van der Waals surface area contributed by atoms with Gasteiger partial charge in [0.2, 0.25) is 5.82 Å². The third-order valence-corrected chi connectivity index (χ3v) is 7.07. The van der Waals surface area contributed by atoms with Gasteiger partial charge in [0.1, 0.15) is 12.4 Å². The van der Waals surface area contributed by atoms with Gasteiger partial charge in [0.15, 0.2) is 9.84 Å². The Morgan fingerprint density at radius 3 is 2.42 bits per heavy atom. The number of benzene rings is 3. The average Bonchev–Trinajstić information content (AvgIpc) is 3.16. The number of amides is 1. The number of sulfone groups is 1. The fraction of sp³-hybridized carbons (Fsp3) is 0.200. The summed E-state index contributed by atoms with van der Waals surface area (Å²) >= 11 is 0. The van der Waals surface area contributed by atoms with E-state index in [0.29, 0.717) is 23.4 Å². The number of alkyl halides is 3. The van der Waals surface area contributed by atoms with E-state index in [4.69, 9.17) is 4.74 Å². The van der Waals surface area contributed by atoms with Gasteiger partial charge < -0.3 is 14.6 Å². The zero-order valence-corrected chi connectivity index (χ0v) is 19.8. The second-order valence-electron chi connectivity index (χ2n) is 8.51. The Morgan fingerprint density at radius 1 is 1.03 bits per heavy atom. The molecule has 0 spiro atoms. The maximum Gasteiger partial charge on any atom is 0.449 e. The van der Waals surface area contributed by atoms with Crippen molar-refractivity contribution in [3.8, 4) is 16.9 Å². The predicted octanol–water partition coefficient (Wildman–Crippen LogP) is 4.69. The molecule has 3 aromatic carbocycles. The molecule has 0 saturated heterocycles. The maximum absolute atomic E-state index is 13.1. The highest BCUT2D eigenvalue weighted by Crippen LogP contribution is 2.33. The molecular formula is C25H20F3N3O4S. The van der Waals surface area contributed by atoms with Crippen molar-refractivity contribution >= 4 is 26.8 Å². The van der Waals surface area contributed by atoms with Crippen LogP contribution in [0.25, 0.3) is 22.2 Å². The number of ether oxygens (including phenoxy) is 1. The van der Waals surface area contributed by atoms with E-state index in [2.05, 4.69) is 9.97 Å². The van der Waals surface area contributed by atoms with Gasteiger partial charge in [-0.25, -0.2) is 13.4 Å². The first-order valence-electron chi connectivity index (χ1n) is 10.9. The van der Waals surface area contributed by atoms with Crippen LogP contribution in [-0.4, -0.2) is 48.6 Å². The van der Waals surface area contributed by atoms with Crippen LogP contribution in [0.3, 0.4) is 0 Å². The molecule has 1 N–H and O–H groups in total. The van der Waals surface area contributed by atoms with Gasteiger partial charge in [-0.2, -0.15) is 13.2 Å². The van der Waals surface area contributed by atoms with Crippen LogP contribution in [0.1, 0.15) is 21.7 Å². The van der Waals surface area contributed by atoms with Crippen LogP contribution in [-0.2, 0) is 22.6 Å². The van der Waals surface area contributed by atoms with Crippen LogP contribution in [0, 0.1) is 0 Å². The van der Waals surface area contributed by atoms with E-state index in [9.17, 15) is 26.4 Å². The highest BCUT2D eigenvalue weighted by molar-refractivity contribution is 7.90. The minimum atomic E-state index is -4.57. The van der Waals surface area contributed by atoms with Gasteiger partial charge in [0.05, 0.1) is 22.5 Å². The van der Waals surface area contributed by atoms with Gasteiger partial charge in [0, 0.05) is 23.9 Å². The fourth-order valence-electron chi connectivity index (χ4n) is 4.10. The Balaban J connectivity index is 1.42. The number of imidazole rings is 1. The molecule has 2 heterocycles. The average molecular weight is 516 g/mol. The lowest BCUT2D eigenvalue weighted by atomic mass is 10.0. The second-order valence-corrected chi connectivity index (χ2v) is 10.5. The van der Waals surface area contributed by atoms with Crippen LogP contribution < -0.4 is 4.74 Å². The monoisotopic (exact) mass is 515 g/mol. The summed E-state index contributed by atoms with van der Waals surface area (Å²) in [6, 6.07) is 16.0. The van der Waals surface area contributed by atoms with Crippen LogP contribution in [0.2, 0.25) is 0 Å². The molecule has 1 aromatic heterocycles. The molecule has 1 aliphatic heterocycles. The van der Waals surface area contributed by atoms with Crippen molar-refractivity contribution in [2.45, 2.75) is 17.6 Å². The molecular weight excluding hydrogens is 495 g/mol. The number of nitrogens with one attached hydrogen (secondary N) is 1. The summed E-state index contributed by atoms with van der Waals surface area (Å²) in [7, 11) is -3.37. The van der Waals surface area contributed by atoms with Crippen molar-refractivity contribution in [2.24, 2.45) is 0 Å². The lowest BCUT2D eigenvalue weighted by Gasteiger charge is -2.20. The second kappa shape index (κ2) is 8.66. The Kier molecular flexibility index (Phi) is 5.74. The Morgan fingerprint density at radius 2 is 1.72 bits per heavy atom. The molecule has 0 atom stereocenters. The van der Waals surface area contributed by atoms with Gasteiger partial charge in [-0.1, -0.05) is 12.1 Å². The van der Waals surface area contributed by atoms with Crippen molar-refractivity contribution in [1.29, 1.82) is 0 Å². The molecule has 5 rings (SSSR count). The number of aromatic nitrogens is 2. The molecule has 11 heteroatoms. The fourth-order valence-corrected chi connectivity index (χ4v) is 4.73. The summed E-state index contributed by atoms with van der Waals surface area (Å²) in [6.45, 7) is 0.858. The van der Waals surface area contributed by atoms with Gasteiger partial charge in [-0.05, 0) is 59.7 Å². The number of halogens is 3. The van der Waals surface area contributed by atoms with Crippen molar-refractivity contribution in [2.75, 3.05) is 19.4 Å². The van der Waals surface area contributed by atoms with Gasteiger partial charge >= 0.3 is 6.18 Å². The van der Waals surface area contributed by atoms with E-state index in [-0.39, 0.29) is 35.0 Å². The lowest BCUT2D eigenvalue weighted by molar-refractivity contribution is -0.144. The molecule has 0 aliphatic carbocycles. The van der Waals surface area contributed by atoms with E-state index in [1.54, 1.807) is 23.1 Å². The highest BCUT2D eigenvalue weighted by atomic mass is 32.2. The number of aromatic amines is 1. The third kappa shape index (κ3) is 4.66. The first-order valence-corrected chi connectivity index (χ1v) is 12.8. The van der Waals surface area contributed by atoms with Gasteiger partial charge in [0.25, 0.3) is 5.91 Å².